The summed E-state index contributed by atoms with van der Waals surface area (Å²) in [6, 6.07) is 4.20. The molecule has 1 fully saturated rings. The maximum absolute atomic E-state index is 8.86. The molecule has 1 N–H and O–H groups in total. The van der Waals surface area contributed by atoms with Gasteiger partial charge in [-0.1, -0.05) is 0 Å². The Labute approximate surface area is 66.5 Å². The molecule has 0 spiro atoms. The van der Waals surface area contributed by atoms with Gasteiger partial charge < -0.3 is 9.67 Å². The second kappa shape index (κ2) is 2.38. The third-order valence-corrected chi connectivity index (χ3v) is 2.52. The van der Waals surface area contributed by atoms with Gasteiger partial charge in [0.15, 0.2) is 0 Å². The third kappa shape index (κ3) is 1.07. The van der Waals surface area contributed by atoms with E-state index < -0.39 is 0 Å². The van der Waals surface area contributed by atoms with E-state index in [2.05, 4.69) is 29.9 Å². The van der Waals surface area contributed by atoms with Gasteiger partial charge in [-0.3, -0.25) is 0 Å². The molecule has 0 bridgehead atoms. The molecule has 0 amide bonds. The van der Waals surface area contributed by atoms with Crippen LogP contribution in [0.15, 0.2) is 18.3 Å². The number of aryl methyl sites for hydroxylation is 1. The summed E-state index contributed by atoms with van der Waals surface area (Å²) in [4.78, 5) is 0. The number of nitrogens with zero attached hydrogens (tertiary/aromatic N) is 1. The highest BCUT2D eigenvalue weighted by Gasteiger charge is 2.38. The van der Waals surface area contributed by atoms with Crippen LogP contribution in [0.2, 0.25) is 0 Å². The van der Waals surface area contributed by atoms with Crippen LogP contribution < -0.4 is 0 Å². The number of aliphatic hydroxyl groups is 1. The third-order valence-electron chi connectivity index (χ3n) is 2.52. The topological polar surface area (TPSA) is 25.2 Å². The Bertz CT molecular complexity index is 254. The lowest BCUT2D eigenvalue weighted by atomic mass is 10.2. The van der Waals surface area contributed by atoms with Gasteiger partial charge >= 0.3 is 0 Å². The molecule has 2 atom stereocenters. The normalized spacial score (nSPS) is 28.9. The molecule has 1 aromatic heterocycles. The van der Waals surface area contributed by atoms with Crippen LogP contribution in [0.25, 0.3) is 0 Å². The second-order valence-electron chi connectivity index (χ2n) is 3.33. The fourth-order valence-corrected chi connectivity index (χ4v) is 1.67. The average molecular weight is 151 g/mol. The van der Waals surface area contributed by atoms with Gasteiger partial charge in [-0.2, -0.15) is 0 Å². The highest BCUT2D eigenvalue weighted by Crippen LogP contribution is 2.46. The molecule has 60 valence electrons. The lowest BCUT2D eigenvalue weighted by molar-refractivity contribution is 0.273. The van der Waals surface area contributed by atoms with Crippen LogP contribution in [0.5, 0.6) is 0 Å². The zero-order valence-corrected chi connectivity index (χ0v) is 6.70. The average Bonchev–Trinajstić information content (AvgIpc) is 2.68. The molecule has 0 aliphatic heterocycles. The summed E-state index contributed by atoms with van der Waals surface area (Å²) < 4.78 is 2.14. The number of hydrogen-bond donors (Lipinski definition) is 1. The van der Waals surface area contributed by atoms with E-state index in [4.69, 9.17) is 5.11 Å². The predicted octanol–water partition coefficient (Wildman–Crippen LogP) is 1.12. The smallest absolute Gasteiger partial charge is 0.0465 e. The Morgan fingerprint density at radius 3 is 3.00 bits per heavy atom. The van der Waals surface area contributed by atoms with Crippen LogP contribution in [0.4, 0.5) is 0 Å². The molecule has 1 aliphatic carbocycles. The summed E-state index contributed by atoms with van der Waals surface area (Å²) in [7, 11) is 2.06. The molecular formula is C9H13NO. The minimum Gasteiger partial charge on any atom is -0.396 e. The monoisotopic (exact) mass is 151 g/mol. The van der Waals surface area contributed by atoms with Crippen LogP contribution >= 0.6 is 0 Å². The van der Waals surface area contributed by atoms with Gasteiger partial charge in [-0.15, -0.1) is 0 Å². The van der Waals surface area contributed by atoms with E-state index in [1.807, 2.05) is 0 Å². The van der Waals surface area contributed by atoms with E-state index in [0.717, 1.165) is 6.42 Å². The van der Waals surface area contributed by atoms with Crippen molar-refractivity contribution in [1.29, 1.82) is 0 Å². The quantitative estimate of drug-likeness (QED) is 0.673. The molecular weight excluding hydrogens is 138 g/mol. The molecule has 11 heavy (non-hydrogen) atoms. The molecule has 0 unspecified atom stereocenters. The maximum Gasteiger partial charge on any atom is 0.0465 e. The molecule has 1 saturated carbocycles. The van der Waals surface area contributed by atoms with E-state index in [1.54, 1.807) is 0 Å². The van der Waals surface area contributed by atoms with Crippen molar-refractivity contribution in [2.75, 3.05) is 6.61 Å². The Hall–Kier alpha value is -0.760. The summed E-state index contributed by atoms with van der Waals surface area (Å²) in [5.74, 6) is 1.16. The van der Waals surface area contributed by atoms with E-state index in [9.17, 15) is 0 Å². The molecule has 0 aromatic carbocycles. The number of rotatable bonds is 2. The van der Waals surface area contributed by atoms with Crippen molar-refractivity contribution in [3.8, 4) is 0 Å². The molecule has 2 heteroatoms. The molecule has 1 aliphatic rings. The van der Waals surface area contributed by atoms with Crippen LogP contribution in [0.1, 0.15) is 18.0 Å². The fraction of sp³-hybridized carbons (Fsp3) is 0.556. The van der Waals surface area contributed by atoms with Crippen LogP contribution in [-0.4, -0.2) is 16.3 Å². The molecule has 0 saturated heterocycles. The van der Waals surface area contributed by atoms with E-state index >= 15 is 0 Å². The predicted molar refractivity (Wildman–Crippen MR) is 43.3 cm³/mol. The Morgan fingerprint density at radius 1 is 1.73 bits per heavy atom. The van der Waals surface area contributed by atoms with Crippen LogP contribution in [0.3, 0.4) is 0 Å². The summed E-state index contributed by atoms with van der Waals surface area (Å²) in [5.41, 5.74) is 1.36. The summed E-state index contributed by atoms with van der Waals surface area (Å²) in [6.07, 6.45) is 3.22. The zero-order chi connectivity index (χ0) is 7.84. The molecule has 2 nitrogen and oxygen atoms in total. The first kappa shape index (κ1) is 6.92. The van der Waals surface area contributed by atoms with Gasteiger partial charge in [0.25, 0.3) is 0 Å². The molecule has 0 radical (unpaired) electrons. The standard InChI is InChI=1S/C9H13NO/c1-10-4-2-3-9(10)8-5-7(8)6-11/h2-4,7-8,11H,5-6H2,1H3/t7-,8+/m1/s1. The Balaban J connectivity index is 2.14. The van der Waals surface area contributed by atoms with Crippen molar-refractivity contribution >= 4 is 0 Å². The Kier molecular flexibility index (Phi) is 1.50. The van der Waals surface area contributed by atoms with Crippen molar-refractivity contribution in [2.45, 2.75) is 12.3 Å². The van der Waals surface area contributed by atoms with Crippen LogP contribution in [0, 0.1) is 5.92 Å². The van der Waals surface area contributed by atoms with Crippen molar-refractivity contribution in [2.24, 2.45) is 13.0 Å². The summed E-state index contributed by atoms with van der Waals surface area (Å²) in [6.45, 7) is 0.343. The van der Waals surface area contributed by atoms with Crippen molar-refractivity contribution < 1.29 is 5.11 Å². The molecule has 1 aromatic rings. The largest absolute Gasteiger partial charge is 0.396 e. The van der Waals surface area contributed by atoms with Gasteiger partial charge in [0, 0.05) is 31.5 Å². The van der Waals surface area contributed by atoms with Gasteiger partial charge in [-0.05, 0) is 24.5 Å². The lowest BCUT2D eigenvalue weighted by Gasteiger charge is -1.99. The molecule has 1 heterocycles. The second-order valence-corrected chi connectivity index (χ2v) is 3.33. The highest BCUT2D eigenvalue weighted by atomic mass is 16.3. The number of aliphatic hydroxyl groups excluding tert-OH is 1. The maximum atomic E-state index is 8.86. The first-order valence-corrected chi connectivity index (χ1v) is 4.05. The summed E-state index contributed by atoms with van der Waals surface area (Å²) in [5, 5.41) is 8.86. The van der Waals surface area contributed by atoms with Gasteiger partial charge in [-0.25, -0.2) is 0 Å². The van der Waals surface area contributed by atoms with E-state index in [0.29, 0.717) is 18.4 Å². The van der Waals surface area contributed by atoms with Crippen LogP contribution in [-0.2, 0) is 7.05 Å². The van der Waals surface area contributed by atoms with Crippen molar-refractivity contribution in [3.05, 3.63) is 24.0 Å². The van der Waals surface area contributed by atoms with Crippen molar-refractivity contribution in [3.63, 3.8) is 0 Å². The minimum absolute atomic E-state index is 0.343. The van der Waals surface area contributed by atoms with Gasteiger partial charge in [0.05, 0.1) is 0 Å². The minimum atomic E-state index is 0.343. The van der Waals surface area contributed by atoms with Crippen molar-refractivity contribution in [1.82, 2.24) is 4.57 Å². The lowest BCUT2D eigenvalue weighted by Crippen LogP contribution is -1.95. The zero-order valence-electron chi connectivity index (χ0n) is 6.70. The number of hydrogen-bond acceptors (Lipinski definition) is 1. The highest BCUT2D eigenvalue weighted by molar-refractivity contribution is 5.19. The van der Waals surface area contributed by atoms with Gasteiger partial charge in [0.1, 0.15) is 0 Å². The fourth-order valence-electron chi connectivity index (χ4n) is 1.67. The van der Waals surface area contributed by atoms with E-state index in [-0.39, 0.29) is 0 Å². The Morgan fingerprint density at radius 2 is 2.55 bits per heavy atom. The number of aromatic nitrogens is 1. The SMILES string of the molecule is Cn1cccc1[C@H]1C[C@@H]1CO. The summed E-state index contributed by atoms with van der Waals surface area (Å²) >= 11 is 0. The first-order chi connectivity index (χ1) is 5.33. The van der Waals surface area contributed by atoms with Gasteiger partial charge in [0.2, 0.25) is 0 Å². The first-order valence-electron chi connectivity index (χ1n) is 4.05. The van der Waals surface area contributed by atoms with E-state index in [1.165, 1.54) is 5.69 Å². The molecule has 2 rings (SSSR count).